The second kappa shape index (κ2) is 9.16. The minimum atomic E-state index is -0.0615. The van der Waals surface area contributed by atoms with Crippen LogP contribution in [0.25, 0.3) is 5.69 Å². The lowest BCUT2D eigenvalue weighted by molar-refractivity contribution is -0.133. The summed E-state index contributed by atoms with van der Waals surface area (Å²) in [5.74, 6) is 0.0726. The normalized spacial score (nSPS) is 14.5. The van der Waals surface area contributed by atoms with Gasteiger partial charge in [-0.05, 0) is 51.0 Å². The molecule has 0 unspecified atom stereocenters. The zero-order valence-electron chi connectivity index (χ0n) is 18.0. The molecule has 1 aromatic heterocycles. The molecule has 0 saturated carbocycles. The predicted molar refractivity (Wildman–Crippen MR) is 121 cm³/mol. The lowest BCUT2D eigenvalue weighted by Gasteiger charge is -2.31. The molecule has 2 aromatic carbocycles. The molecule has 4 rings (SSSR count). The van der Waals surface area contributed by atoms with Gasteiger partial charge < -0.3 is 10.2 Å². The first kappa shape index (κ1) is 20.8. The summed E-state index contributed by atoms with van der Waals surface area (Å²) in [5.41, 5.74) is 4.67. The van der Waals surface area contributed by atoms with Crippen LogP contribution in [0.1, 0.15) is 29.8 Å². The average molecular weight is 417 g/mol. The molecule has 0 spiro atoms. The summed E-state index contributed by atoms with van der Waals surface area (Å²) in [7, 11) is 0. The van der Waals surface area contributed by atoms with Crippen LogP contribution in [0.3, 0.4) is 0 Å². The Morgan fingerprint density at radius 1 is 0.968 bits per heavy atom. The van der Waals surface area contributed by atoms with Gasteiger partial charge in [-0.25, -0.2) is 4.68 Å². The van der Waals surface area contributed by atoms with Crippen molar-refractivity contribution in [3.8, 4) is 5.69 Å². The van der Waals surface area contributed by atoms with Crippen molar-refractivity contribution in [1.82, 2.24) is 14.7 Å². The van der Waals surface area contributed by atoms with Gasteiger partial charge in [0.1, 0.15) is 0 Å². The zero-order valence-corrected chi connectivity index (χ0v) is 18.0. The van der Waals surface area contributed by atoms with E-state index in [2.05, 4.69) is 10.4 Å². The van der Waals surface area contributed by atoms with E-state index in [4.69, 9.17) is 0 Å². The van der Waals surface area contributed by atoms with Crippen molar-refractivity contribution in [2.45, 2.75) is 33.1 Å². The zero-order chi connectivity index (χ0) is 21.8. The van der Waals surface area contributed by atoms with Crippen LogP contribution in [0, 0.1) is 19.8 Å². The van der Waals surface area contributed by atoms with Gasteiger partial charge in [-0.2, -0.15) is 5.10 Å². The fourth-order valence-corrected chi connectivity index (χ4v) is 4.17. The second-order valence-corrected chi connectivity index (χ2v) is 8.08. The molecule has 160 valence electrons. The summed E-state index contributed by atoms with van der Waals surface area (Å²) in [6.45, 7) is 5.18. The number of benzene rings is 2. The van der Waals surface area contributed by atoms with Crippen LogP contribution in [0.2, 0.25) is 0 Å². The molecular weight excluding hydrogens is 388 g/mol. The number of nitrogens with zero attached hydrogens (tertiary/aromatic N) is 3. The summed E-state index contributed by atoms with van der Waals surface area (Å²) in [6, 6.07) is 19.5. The molecule has 6 nitrogen and oxygen atoms in total. The highest BCUT2D eigenvalue weighted by Gasteiger charge is 2.28. The predicted octanol–water partition coefficient (Wildman–Crippen LogP) is 3.91. The van der Waals surface area contributed by atoms with Gasteiger partial charge in [0.2, 0.25) is 11.8 Å². The van der Waals surface area contributed by atoms with Crippen molar-refractivity contribution >= 4 is 17.5 Å². The maximum absolute atomic E-state index is 13.0. The van der Waals surface area contributed by atoms with Crippen LogP contribution >= 0.6 is 0 Å². The molecular formula is C25H28N4O2. The molecule has 0 radical (unpaired) electrons. The molecule has 0 atom stereocenters. The number of likely N-dealkylation sites (tertiary alicyclic amines) is 1. The molecule has 1 N–H and O–H groups in total. The maximum Gasteiger partial charge on any atom is 0.227 e. The quantitative estimate of drug-likeness (QED) is 0.686. The fourth-order valence-electron chi connectivity index (χ4n) is 4.17. The van der Waals surface area contributed by atoms with E-state index in [9.17, 15) is 9.59 Å². The number of nitrogens with one attached hydrogen (secondary N) is 1. The van der Waals surface area contributed by atoms with Gasteiger partial charge in [0.05, 0.1) is 17.8 Å². The van der Waals surface area contributed by atoms with Gasteiger partial charge in [0.25, 0.3) is 0 Å². The van der Waals surface area contributed by atoms with E-state index in [1.165, 1.54) is 0 Å². The minimum absolute atomic E-state index is 0.0362. The van der Waals surface area contributed by atoms with E-state index in [1.54, 1.807) is 0 Å². The van der Waals surface area contributed by atoms with Crippen molar-refractivity contribution in [2.24, 2.45) is 5.92 Å². The Morgan fingerprint density at radius 2 is 1.58 bits per heavy atom. The summed E-state index contributed by atoms with van der Waals surface area (Å²) in [4.78, 5) is 27.4. The van der Waals surface area contributed by atoms with Gasteiger partial charge >= 0.3 is 0 Å². The number of aryl methyl sites for hydroxylation is 1. The van der Waals surface area contributed by atoms with E-state index in [0.29, 0.717) is 32.4 Å². The van der Waals surface area contributed by atoms with Gasteiger partial charge in [0.15, 0.2) is 0 Å². The number of hydrogen-bond acceptors (Lipinski definition) is 3. The highest BCUT2D eigenvalue weighted by atomic mass is 16.2. The number of hydrogen-bond donors (Lipinski definition) is 1. The van der Waals surface area contributed by atoms with Crippen LogP contribution in [0.15, 0.2) is 60.7 Å². The topological polar surface area (TPSA) is 67.2 Å². The van der Waals surface area contributed by atoms with Gasteiger partial charge in [-0.15, -0.1) is 0 Å². The molecule has 1 fully saturated rings. The largest absolute Gasteiger partial charge is 0.342 e. The first-order valence-electron chi connectivity index (χ1n) is 10.8. The monoisotopic (exact) mass is 416 g/mol. The molecule has 1 aliphatic rings. The summed E-state index contributed by atoms with van der Waals surface area (Å²) < 4.78 is 1.90. The lowest BCUT2D eigenvalue weighted by atomic mass is 9.95. The van der Waals surface area contributed by atoms with Crippen molar-refractivity contribution < 1.29 is 9.59 Å². The fraction of sp³-hybridized carbons (Fsp3) is 0.320. The van der Waals surface area contributed by atoms with E-state index in [-0.39, 0.29) is 17.7 Å². The Morgan fingerprint density at radius 3 is 2.23 bits per heavy atom. The third kappa shape index (κ3) is 4.68. The third-order valence-corrected chi connectivity index (χ3v) is 6.03. The van der Waals surface area contributed by atoms with Gasteiger partial charge in [-0.1, -0.05) is 36.4 Å². The molecule has 0 aliphatic carbocycles. The number of carbonyl (C=O) groups excluding carboxylic acids is 2. The molecule has 31 heavy (non-hydrogen) atoms. The molecule has 2 amide bonds. The van der Waals surface area contributed by atoms with Crippen LogP contribution in [-0.4, -0.2) is 39.6 Å². The number of rotatable bonds is 5. The number of piperidine rings is 1. The highest BCUT2D eigenvalue weighted by molar-refractivity contribution is 5.92. The van der Waals surface area contributed by atoms with Gasteiger partial charge in [0, 0.05) is 36.0 Å². The lowest BCUT2D eigenvalue weighted by Crippen LogP contribution is -2.42. The molecule has 3 aromatic rings. The molecule has 0 bridgehead atoms. The molecule has 1 saturated heterocycles. The van der Waals surface area contributed by atoms with Crippen molar-refractivity contribution in [3.05, 3.63) is 77.6 Å². The van der Waals surface area contributed by atoms with Crippen LogP contribution in [0.4, 0.5) is 5.69 Å². The Labute approximate surface area is 182 Å². The van der Waals surface area contributed by atoms with E-state index < -0.39 is 0 Å². The number of carbonyl (C=O) groups is 2. The minimum Gasteiger partial charge on any atom is -0.342 e. The van der Waals surface area contributed by atoms with Crippen molar-refractivity contribution in [2.75, 3.05) is 18.4 Å². The van der Waals surface area contributed by atoms with Crippen LogP contribution < -0.4 is 5.32 Å². The summed E-state index contributed by atoms with van der Waals surface area (Å²) in [6.07, 6.45) is 1.71. The number of anilines is 1. The summed E-state index contributed by atoms with van der Waals surface area (Å²) in [5, 5.41) is 7.62. The third-order valence-electron chi connectivity index (χ3n) is 6.03. The Balaban J connectivity index is 1.35. The molecule has 2 heterocycles. The van der Waals surface area contributed by atoms with Crippen LogP contribution in [-0.2, 0) is 16.0 Å². The van der Waals surface area contributed by atoms with Crippen LogP contribution in [0.5, 0.6) is 0 Å². The smallest absolute Gasteiger partial charge is 0.227 e. The SMILES string of the molecule is Cc1nn(-c2ccccc2)c(C)c1CC(=O)N1CCC(C(=O)Nc2ccccc2)CC1. The number of para-hydroxylation sites is 2. The first-order valence-corrected chi connectivity index (χ1v) is 10.8. The number of aromatic nitrogens is 2. The Bertz CT molecular complexity index is 1050. The van der Waals surface area contributed by atoms with Crippen molar-refractivity contribution in [1.29, 1.82) is 0 Å². The van der Waals surface area contributed by atoms with E-state index >= 15 is 0 Å². The summed E-state index contributed by atoms with van der Waals surface area (Å²) >= 11 is 0. The first-order chi connectivity index (χ1) is 15.0. The Kier molecular flexibility index (Phi) is 6.16. The maximum atomic E-state index is 13.0. The van der Waals surface area contributed by atoms with E-state index in [1.807, 2.05) is 84.1 Å². The second-order valence-electron chi connectivity index (χ2n) is 8.08. The average Bonchev–Trinajstić information content (AvgIpc) is 3.08. The van der Waals surface area contributed by atoms with Crippen molar-refractivity contribution in [3.63, 3.8) is 0 Å². The highest BCUT2D eigenvalue weighted by Crippen LogP contribution is 2.23. The molecule has 6 heteroatoms. The number of amides is 2. The molecule has 1 aliphatic heterocycles. The Hall–Kier alpha value is -3.41. The standard InChI is InChI=1S/C25H28N4O2/c1-18-23(19(2)29(27-18)22-11-7-4-8-12-22)17-24(30)28-15-13-20(14-16-28)25(31)26-21-9-5-3-6-10-21/h3-12,20H,13-17H2,1-2H3,(H,26,31). The van der Waals surface area contributed by atoms with E-state index in [0.717, 1.165) is 28.3 Å². The van der Waals surface area contributed by atoms with Gasteiger partial charge in [-0.3, -0.25) is 9.59 Å².